The van der Waals surface area contributed by atoms with Crippen LogP contribution in [0.4, 0.5) is 0 Å². The van der Waals surface area contributed by atoms with Crippen LogP contribution in [0.25, 0.3) is 0 Å². The first-order valence-electron chi connectivity index (χ1n) is 7.18. The molecule has 4 nitrogen and oxygen atoms in total. The number of fused-ring (bicyclic) bond motifs is 4. The van der Waals surface area contributed by atoms with E-state index >= 15 is 0 Å². The predicted molar refractivity (Wildman–Crippen MR) is 63.0 cm³/mol. The van der Waals surface area contributed by atoms with Crippen molar-refractivity contribution in [3.05, 3.63) is 0 Å². The van der Waals surface area contributed by atoms with Crippen LogP contribution in [0.2, 0.25) is 0 Å². The van der Waals surface area contributed by atoms with Crippen LogP contribution in [0.1, 0.15) is 45.4 Å². The number of ether oxygens (including phenoxy) is 3. The standard InChI is InChI=1S/C14H20O4/c1-14(7-9-3-5-12(14)17-9)18-13(15)10-6-8-2-4-11(10)16-8/h8-12H,2-7H2,1H3. The minimum atomic E-state index is -0.387. The van der Waals surface area contributed by atoms with E-state index in [2.05, 4.69) is 0 Å². The Morgan fingerprint density at radius 2 is 2.00 bits per heavy atom. The van der Waals surface area contributed by atoms with E-state index in [1.54, 1.807) is 0 Å². The van der Waals surface area contributed by atoms with Gasteiger partial charge in [0.15, 0.2) is 0 Å². The van der Waals surface area contributed by atoms with Crippen molar-refractivity contribution in [2.24, 2.45) is 5.92 Å². The van der Waals surface area contributed by atoms with Gasteiger partial charge in [0.05, 0.1) is 30.3 Å². The van der Waals surface area contributed by atoms with Crippen molar-refractivity contribution in [2.45, 2.75) is 75.5 Å². The van der Waals surface area contributed by atoms with Crippen molar-refractivity contribution in [2.75, 3.05) is 0 Å². The lowest BCUT2D eigenvalue weighted by atomic mass is 9.85. The Hall–Kier alpha value is -0.610. The molecular formula is C14H20O4. The summed E-state index contributed by atoms with van der Waals surface area (Å²) in [6.07, 6.45) is 6.84. The van der Waals surface area contributed by atoms with Gasteiger partial charge < -0.3 is 14.2 Å². The highest BCUT2D eigenvalue weighted by Gasteiger charge is 2.54. The lowest BCUT2D eigenvalue weighted by Gasteiger charge is -2.32. The molecule has 4 rings (SSSR count). The van der Waals surface area contributed by atoms with Gasteiger partial charge in [-0.1, -0.05) is 0 Å². The van der Waals surface area contributed by atoms with Gasteiger partial charge in [-0.2, -0.15) is 0 Å². The largest absolute Gasteiger partial charge is 0.456 e. The molecule has 0 spiro atoms. The highest BCUT2D eigenvalue weighted by atomic mass is 16.6. The molecule has 4 aliphatic heterocycles. The molecule has 6 unspecified atom stereocenters. The Morgan fingerprint density at radius 1 is 1.17 bits per heavy atom. The number of rotatable bonds is 2. The fourth-order valence-corrected chi connectivity index (χ4v) is 4.19. The molecule has 4 bridgehead atoms. The van der Waals surface area contributed by atoms with Gasteiger partial charge in [0, 0.05) is 6.42 Å². The zero-order chi connectivity index (χ0) is 12.3. The first-order chi connectivity index (χ1) is 8.64. The molecule has 0 aromatic heterocycles. The minimum Gasteiger partial charge on any atom is -0.456 e. The summed E-state index contributed by atoms with van der Waals surface area (Å²) in [7, 11) is 0. The topological polar surface area (TPSA) is 44.8 Å². The molecule has 4 saturated heterocycles. The Labute approximate surface area is 107 Å². The Balaban J connectivity index is 1.44. The third-order valence-corrected chi connectivity index (χ3v) is 5.16. The van der Waals surface area contributed by atoms with E-state index in [9.17, 15) is 4.79 Å². The highest BCUT2D eigenvalue weighted by Crippen LogP contribution is 2.46. The van der Waals surface area contributed by atoms with E-state index < -0.39 is 0 Å². The van der Waals surface area contributed by atoms with Crippen molar-refractivity contribution in [3.63, 3.8) is 0 Å². The van der Waals surface area contributed by atoms with E-state index in [1.165, 1.54) is 0 Å². The normalized spacial score (nSPS) is 53.1. The molecule has 0 aliphatic carbocycles. The number of hydrogen-bond donors (Lipinski definition) is 0. The van der Waals surface area contributed by atoms with Crippen LogP contribution in [-0.2, 0) is 19.0 Å². The van der Waals surface area contributed by atoms with Gasteiger partial charge in [-0.15, -0.1) is 0 Å². The predicted octanol–water partition coefficient (Wildman–Crippen LogP) is 1.81. The van der Waals surface area contributed by atoms with Gasteiger partial charge in [0.2, 0.25) is 0 Å². The van der Waals surface area contributed by atoms with E-state index in [4.69, 9.17) is 14.2 Å². The lowest BCUT2D eigenvalue weighted by Crippen LogP contribution is -2.43. The molecule has 4 fully saturated rings. The monoisotopic (exact) mass is 252 g/mol. The SMILES string of the molecule is CC1(OC(=O)C2CC3CCC2O3)CC2CCC1O2. The van der Waals surface area contributed by atoms with Crippen LogP contribution in [0.5, 0.6) is 0 Å². The summed E-state index contributed by atoms with van der Waals surface area (Å²) in [6.45, 7) is 2.03. The van der Waals surface area contributed by atoms with Crippen LogP contribution in [0, 0.1) is 5.92 Å². The zero-order valence-electron chi connectivity index (χ0n) is 10.8. The number of hydrogen-bond acceptors (Lipinski definition) is 4. The van der Waals surface area contributed by atoms with E-state index in [-0.39, 0.29) is 29.7 Å². The third-order valence-electron chi connectivity index (χ3n) is 5.16. The van der Waals surface area contributed by atoms with Gasteiger partial charge in [-0.05, 0) is 39.0 Å². The summed E-state index contributed by atoms with van der Waals surface area (Å²) < 4.78 is 17.4. The zero-order valence-corrected chi connectivity index (χ0v) is 10.8. The van der Waals surface area contributed by atoms with Crippen LogP contribution in [-0.4, -0.2) is 36.0 Å². The Morgan fingerprint density at radius 3 is 2.56 bits per heavy atom. The molecule has 4 heterocycles. The second-order valence-corrected chi connectivity index (χ2v) is 6.48. The van der Waals surface area contributed by atoms with Crippen LogP contribution >= 0.6 is 0 Å². The summed E-state index contributed by atoms with van der Waals surface area (Å²) in [5, 5.41) is 0. The minimum absolute atomic E-state index is 0.0281. The van der Waals surface area contributed by atoms with Crippen molar-refractivity contribution < 1.29 is 19.0 Å². The second-order valence-electron chi connectivity index (χ2n) is 6.48. The molecule has 0 radical (unpaired) electrons. The molecule has 100 valence electrons. The third kappa shape index (κ3) is 1.55. The lowest BCUT2D eigenvalue weighted by molar-refractivity contribution is -0.170. The van der Waals surface area contributed by atoms with Crippen LogP contribution < -0.4 is 0 Å². The Bertz CT molecular complexity index is 382. The van der Waals surface area contributed by atoms with Crippen LogP contribution in [0.15, 0.2) is 0 Å². The fraction of sp³-hybridized carbons (Fsp3) is 0.929. The summed E-state index contributed by atoms with van der Waals surface area (Å²) in [4.78, 5) is 12.3. The Kier molecular flexibility index (Phi) is 2.31. The van der Waals surface area contributed by atoms with E-state index in [1.807, 2.05) is 6.92 Å². The highest BCUT2D eigenvalue weighted by molar-refractivity contribution is 5.74. The molecule has 0 saturated carbocycles. The molecule has 0 N–H and O–H groups in total. The van der Waals surface area contributed by atoms with Gasteiger partial charge >= 0.3 is 5.97 Å². The molecule has 18 heavy (non-hydrogen) atoms. The molecule has 0 aromatic rings. The maximum atomic E-state index is 12.3. The van der Waals surface area contributed by atoms with Gasteiger partial charge in [-0.25, -0.2) is 0 Å². The maximum absolute atomic E-state index is 12.3. The second kappa shape index (κ2) is 3.70. The number of esters is 1. The van der Waals surface area contributed by atoms with Crippen LogP contribution in [0.3, 0.4) is 0 Å². The number of carbonyl (C=O) groups excluding carboxylic acids is 1. The maximum Gasteiger partial charge on any atom is 0.312 e. The number of carbonyl (C=O) groups is 1. The summed E-state index contributed by atoms with van der Waals surface area (Å²) >= 11 is 0. The van der Waals surface area contributed by atoms with Crippen molar-refractivity contribution >= 4 is 5.97 Å². The van der Waals surface area contributed by atoms with Crippen molar-refractivity contribution in [1.29, 1.82) is 0 Å². The first-order valence-corrected chi connectivity index (χ1v) is 7.18. The fourth-order valence-electron chi connectivity index (χ4n) is 4.19. The summed E-state index contributed by atoms with van der Waals surface area (Å²) in [5.41, 5.74) is -0.387. The quantitative estimate of drug-likeness (QED) is 0.703. The first kappa shape index (κ1) is 11.2. The van der Waals surface area contributed by atoms with E-state index in [0.29, 0.717) is 12.2 Å². The summed E-state index contributed by atoms with van der Waals surface area (Å²) in [6, 6.07) is 0. The van der Waals surface area contributed by atoms with Crippen molar-refractivity contribution in [3.8, 4) is 0 Å². The molecule has 6 atom stereocenters. The molecule has 4 heteroatoms. The van der Waals surface area contributed by atoms with Gasteiger partial charge in [0.1, 0.15) is 5.60 Å². The van der Waals surface area contributed by atoms with Gasteiger partial charge in [0.25, 0.3) is 0 Å². The average molecular weight is 252 g/mol. The molecule has 0 aromatic carbocycles. The molecular weight excluding hydrogens is 232 g/mol. The van der Waals surface area contributed by atoms with Gasteiger partial charge in [-0.3, -0.25) is 4.79 Å². The summed E-state index contributed by atoms with van der Waals surface area (Å²) in [5.74, 6) is -0.0828. The average Bonchev–Trinajstić information content (AvgIpc) is 3.07. The van der Waals surface area contributed by atoms with Crippen molar-refractivity contribution in [1.82, 2.24) is 0 Å². The molecule has 4 aliphatic rings. The molecule has 0 amide bonds. The smallest absolute Gasteiger partial charge is 0.312 e. The van der Waals surface area contributed by atoms with E-state index in [0.717, 1.165) is 38.5 Å².